The summed E-state index contributed by atoms with van der Waals surface area (Å²) in [7, 11) is 0. The van der Waals surface area contributed by atoms with E-state index < -0.39 is 36.4 Å². The fraction of sp³-hybridized carbons (Fsp3) is 0.500. The lowest BCUT2D eigenvalue weighted by Crippen LogP contribution is -2.53. The Morgan fingerprint density at radius 1 is 1.10 bits per heavy atom. The number of carbonyl (C=O) groups excluding carboxylic acids is 3. The first-order valence-corrected chi connectivity index (χ1v) is 9.68. The molecule has 2 atom stereocenters. The van der Waals surface area contributed by atoms with E-state index in [9.17, 15) is 24.3 Å². The van der Waals surface area contributed by atoms with Crippen molar-refractivity contribution >= 4 is 24.2 Å². The minimum absolute atomic E-state index is 0.105. The highest BCUT2D eigenvalue weighted by Gasteiger charge is 2.26. The van der Waals surface area contributed by atoms with Gasteiger partial charge in [0.05, 0.1) is 0 Å². The molecular weight excluding hydrogens is 392 g/mol. The van der Waals surface area contributed by atoms with Crippen LogP contribution in [0.3, 0.4) is 0 Å². The van der Waals surface area contributed by atoms with Gasteiger partial charge in [-0.05, 0) is 68.5 Å². The third kappa shape index (κ3) is 8.08. The Labute approximate surface area is 175 Å². The molecule has 30 heavy (non-hydrogen) atoms. The van der Waals surface area contributed by atoms with Crippen molar-refractivity contribution in [3.63, 3.8) is 0 Å². The Kier molecular flexibility index (Phi) is 10.3. The average molecular weight is 422 g/mol. The fourth-order valence-corrected chi connectivity index (χ4v) is 3.13. The average Bonchev–Trinajstić information content (AvgIpc) is 2.67. The van der Waals surface area contributed by atoms with Crippen molar-refractivity contribution in [3.8, 4) is 5.75 Å². The van der Waals surface area contributed by atoms with Gasteiger partial charge < -0.3 is 31.9 Å². The number of amides is 3. The predicted molar refractivity (Wildman–Crippen MR) is 110 cm³/mol. The van der Waals surface area contributed by atoms with Crippen LogP contribution in [0.4, 0.5) is 0 Å². The number of aromatic hydroxyl groups is 1. The third-order valence-electron chi connectivity index (χ3n) is 4.67. The molecule has 0 aliphatic heterocycles. The maximum absolute atomic E-state index is 12.8. The predicted octanol–water partition coefficient (Wildman–Crippen LogP) is -0.519. The summed E-state index contributed by atoms with van der Waals surface area (Å²) in [5.41, 5.74) is 7.78. The van der Waals surface area contributed by atoms with Gasteiger partial charge in [0.1, 0.15) is 24.4 Å². The van der Waals surface area contributed by atoms with Gasteiger partial charge in [0.15, 0.2) is 0 Å². The van der Waals surface area contributed by atoms with Crippen LogP contribution in [0, 0.1) is 13.8 Å². The van der Waals surface area contributed by atoms with E-state index >= 15 is 0 Å². The lowest BCUT2D eigenvalue weighted by atomic mass is 9.95. The number of aryl methyl sites for hydroxylation is 2. The SMILES string of the molecule is Cc1cc(O)cc(C)c1C[C@H](NC=O)C(=O)N[C@@H](CCCCN)C(=O)NCC(=O)O. The first-order chi connectivity index (χ1) is 14.2. The second-order valence-electron chi connectivity index (χ2n) is 7.06. The summed E-state index contributed by atoms with van der Waals surface area (Å²) in [6.07, 6.45) is 2.04. The van der Waals surface area contributed by atoms with Crippen molar-refractivity contribution in [2.75, 3.05) is 13.1 Å². The van der Waals surface area contributed by atoms with Crippen molar-refractivity contribution in [2.45, 2.75) is 51.6 Å². The van der Waals surface area contributed by atoms with Crippen LogP contribution >= 0.6 is 0 Å². The summed E-state index contributed by atoms with van der Waals surface area (Å²) in [5.74, 6) is -2.29. The minimum atomic E-state index is -1.20. The van der Waals surface area contributed by atoms with Gasteiger partial charge in [-0.25, -0.2) is 0 Å². The number of hydrogen-bond acceptors (Lipinski definition) is 6. The largest absolute Gasteiger partial charge is 0.508 e. The molecule has 0 aliphatic rings. The molecule has 0 saturated carbocycles. The van der Waals surface area contributed by atoms with Crippen LogP contribution in [0.1, 0.15) is 36.0 Å². The molecule has 0 unspecified atom stereocenters. The van der Waals surface area contributed by atoms with Crippen LogP contribution in [0.25, 0.3) is 0 Å². The van der Waals surface area contributed by atoms with Crippen LogP contribution in [-0.4, -0.2) is 59.6 Å². The summed E-state index contributed by atoms with van der Waals surface area (Å²) < 4.78 is 0. The number of nitrogens with two attached hydrogens (primary N) is 1. The Morgan fingerprint density at radius 2 is 1.73 bits per heavy atom. The molecule has 0 radical (unpaired) electrons. The first-order valence-electron chi connectivity index (χ1n) is 9.68. The molecule has 10 heteroatoms. The van der Waals surface area contributed by atoms with E-state index in [1.54, 1.807) is 26.0 Å². The van der Waals surface area contributed by atoms with Crippen LogP contribution in [-0.2, 0) is 25.6 Å². The molecule has 0 fully saturated rings. The Balaban J connectivity index is 2.96. The molecule has 1 aromatic rings. The van der Waals surface area contributed by atoms with Gasteiger partial charge in [0.25, 0.3) is 0 Å². The topological polar surface area (TPSA) is 171 Å². The van der Waals surface area contributed by atoms with Gasteiger partial charge in [0.2, 0.25) is 18.2 Å². The maximum atomic E-state index is 12.8. The summed E-state index contributed by atoms with van der Waals surface area (Å²) in [5, 5.41) is 25.8. The second kappa shape index (κ2) is 12.4. The van der Waals surface area contributed by atoms with Crippen LogP contribution in [0.5, 0.6) is 5.75 Å². The molecule has 0 aliphatic carbocycles. The summed E-state index contributed by atoms with van der Waals surface area (Å²) in [6.45, 7) is 3.43. The van der Waals surface area contributed by atoms with Crippen molar-refractivity contribution < 1.29 is 29.4 Å². The van der Waals surface area contributed by atoms with Crippen molar-refractivity contribution in [1.29, 1.82) is 0 Å². The van der Waals surface area contributed by atoms with Crippen molar-refractivity contribution in [2.24, 2.45) is 5.73 Å². The van der Waals surface area contributed by atoms with E-state index in [2.05, 4.69) is 16.0 Å². The van der Waals surface area contributed by atoms with Crippen molar-refractivity contribution in [1.82, 2.24) is 16.0 Å². The van der Waals surface area contributed by atoms with E-state index in [1.807, 2.05) is 0 Å². The number of carboxylic acids is 1. The zero-order valence-electron chi connectivity index (χ0n) is 17.2. The van der Waals surface area contributed by atoms with Gasteiger partial charge in [-0.1, -0.05) is 0 Å². The van der Waals surface area contributed by atoms with Crippen LogP contribution in [0.2, 0.25) is 0 Å². The standard InChI is InChI=1S/C20H30N4O6/c1-12-7-14(26)8-13(2)15(12)9-17(23-11-25)20(30)24-16(5-3-4-6-21)19(29)22-10-18(27)28/h7-8,11,16-17,26H,3-6,9-10,21H2,1-2H3,(H,22,29)(H,23,25)(H,24,30)(H,27,28)/t16-,17-/m0/s1. The molecular formula is C20H30N4O6. The van der Waals surface area contributed by atoms with E-state index in [0.29, 0.717) is 25.8 Å². The number of carboxylic acid groups (broad SMARTS) is 1. The molecule has 166 valence electrons. The van der Waals surface area contributed by atoms with Gasteiger partial charge in [-0.3, -0.25) is 19.2 Å². The van der Waals surface area contributed by atoms with E-state index in [-0.39, 0.29) is 18.6 Å². The zero-order chi connectivity index (χ0) is 22.7. The number of phenolic OH excluding ortho intramolecular Hbond substituents is 1. The first kappa shape index (κ1) is 24.9. The van der Waals surface area contributed by atoms with Gasteiger partial charge in [-0.2, -0.15) is 0 Å². The third-order valence-corrected chi connectivity index (χ3v) is 4.67. The highest BCUT2D eigenvalue weighted by Crippen LogP contribution is 2.22. The molecule has 7 N–H and O–H groups in total. The number of benzene rings is 1. The van der Waals surface area contributed by atoms with E-state index in [4.69, 9.17) is 10.8 Å². The number of carbonyl (C=O) groups is 4. The monoisotopic (exact) mass is 422 g/mol. The smallest absolute Gasteiger partial charge is 0.322 e. The van der Waals surface area contributed by atoms with Gasteiger partial charge >= 0.3 is 5.97 Å². The number of rotatable bonds is 13. The number of nitrogens with one attached hydrogen (secondary N) is 3. The van der Waals surface area contributed by atoms with Crippen LogP contribution < -0.4 is 21.7 Å². The Morgan fingerprint density at radius 3 is 2.27 bits per heavy atom. The van der Waals surface area contributed by atoms with Crippen molar-refractivity contribution in [3.05, 3.63) is 28.8 Å². The van der Waals surface area contributed by atoms with E-state index in [0.717, 1.165) is 16.7 Å². The molecule has 0 saturated heterocycles. The lowest BCUT2D eigenvalue weighted by molar-refractivity contribution is -0.138. The second-order valence-corrected chi connectivity index (χ2v) is 7.06. The normalized spacial score (nSPS) is 12.5. The molecule has 0 aromatic heterocycles. The molecule has 0 spiro atoms. The highest BCUT2D eigenvalue weighted by molar-refractivity contribution is 5.91. The maximum Gasteiger partial charge on any atom is 0.322 e. The fourth-order valence-electron chi connectivity index (χ4n) is 3.13. The molecule has 10 nitrogen and oxygen atoms in total. The zero-order valence-corrected chi connectivity index (χ0v) is 17.2. The molecule has 1 rings (SSSR count). The minimum Gasteiger partial charge on any atom is -0.508 e. The van der Waals surface area contributed by atoms with Gasteiger partial charge in [-0.15, -0.1) is 0 Å². The Hall–Kier alpha value is -3.14. The Bertz CT molecular complexity index is 745. The quantitative estimate of drug-likeness (QED) is 0.183. The lowest BCUT2D eigenvalue weighted by Gasteiger charge is -2.23. The number of aliphatic carboxylic acids is 1. The molecule has 0 bridgehead atoms. The number of unbranched alkanes of at least 4 members (excludes halogenated alkanes) is 1. The van der Waals surface area contributed by atoms with Gasteiger partial charge in [0, 0.05) is 6.42 Å². The summed E-state index contributed by atoms with van der Waals surface area (Å²) in [4.78, 5) is 46.9. The summed E-state index contributed by atoms with van der Waals surface area (Å²) in [6, 6.07) is 1.22. The van der Waals surface area contributed by atoms with E-state index in [1.165, 1.54) is 0 Å². The number of hydrogen-bond donors (Lipinski definition) is 6. The molecule has 1 aromatic carbocycles. The molecule has 3 amide bonds. The number of phenols is 1. The van der Waals surface area contributed by atoms with Crippen LogP contribution in [0.15, 0.2) is 12.1 Å². The molecule has 0 heterocycles. The highest BCUT2D eigenvalue weighted by atomic mass is 16.4. The summed E-state index contributed by atoms with van der Waals surface area (Å²) >= 11 is 0.